The zero-order valence-corrected chi connectivity index (χ0v) is 12.4. The molecule has 1 aromatic rings. The molecule has 0 aliphatic heterocycles. The maximum absolute atomic E-state index is 12.1. The van der Waals surface area contributed by atoms with Gasteiger partial charge in [-0.25, -0.2) is 0 Å². The van der Waals surface area contributed by atoms with E-state index in [1.807, 2.05) is 24.3 Å². The Labute approximate surface area is 124 Å². The molecule has 1 rings (SSSR count). The number of carboxylic acids is 1. The number of amides is 1. The summed E-state index contributed by atoms with van der Waals surface area (Å²) >= 11 is 0. The second-order valence-electron chi connectivity index (χ2n) is 4.51. The molecular weight excluding hydrogens is 274 g/mol. The van der Waals surface area contributed by atoms with Gasteiger partial charge in [-0.15, -0.1) is 0 Å². The van der Waals surface area contributed by atoms with Gasteiger partial charge in [-0.05, 0) is 18.1 Å². The van der Waals surface area contributed by atoms with Gasteiger partial charge in [0.1, 0.15) is 12.3 Å². The predicted octanol–water partition coefficient (Wildman–Crippen LogP) is 1.19. The first-order valence-electron chi connectivity index (χ1n) is 6.69. The molecule has 1 N–H and O–H groups in total. The van der Waals surface area contributed by atoms with Crippen molar-refractivity contribution in [2.75, 3.05) is 33.9 Å². The molecule has 0 unspecified atom stereocenters. The fraction of sp³-hybridized carbons (Fsp3) is 0.467. The lowest BCUT2D eigenvalue weighted by atomic mass is 10.1. The number of hydrogen-bond acceptors (Lipinski definition) is 4. The molecule has 0 heterocycles. The van der Waals surface area contributed by atoms with Crippen LogP contribution in [0.1, 0.15) is 12.0 Å². The van der Waals surface area contributed by atoms with Crippen LogP contribution in [0.5, 0.6) is 5.75 Å². The van der Waals surface area contributed by atoms with Crippen LogP contribution in [0.15, 0.2) is 24.3 Å². The van der Waals surface area contributed by atoms with E-state index in [0.717, 1.165) is 11.3 Å². The van der Waals surface area contributed by atoms with Crippen LogP contribution < -0.4 is 4.74 Å². The molecule has 0 radical (unpaired) electrons. The number of hydrogen-bond donors (Lipinski definition) is 1. The summed E-state index contributed by atoms with van der Waals surface area (Å²) in [6.07, 6.45) is 0.739. The molecule has 0 bridgehead atoms. The van der Waals surface area contributed by atoms with Crippen molar-refractivity contribution in [2.24, 2.45) is 0 Å². The fourth-order valence-electron chi connectivity index (χ4n) is 1.97. The van der Waals surface area contributed by atoms with Gasteiger partial charge in [-0.3, -0.25) is 9.59 Å². The molecule has 0 spiro atoms. The van der Waals surface area contributed by atoms with Gasteiger partial charge >= 0.3 is 5.97 Å². The predicted molar refractivity (Wildman–Crippen MR) is 77.4 cm³/mol. The molecule has 1 aromatic carbocycles. The minimum Gasteiger partial charge on any atom is -0.496 e. The van der Waals surface area contributed by atoms with E-state index in [9.17, 15) is 9.59 Å². The lowest BCUT2D eigenvalue weighted by Gasteiger charge is -2.20. The zero-order valence-electron chi connectivity index (χ0n) is 12.4. The number of benzene rings is 1. The van der Waals surface area contributed by atoms with E-state index in [4.69, 9.17) is 14.6 Å². The first kappa shape index (κ1) is 17.0. The highest BCUT2D eigenvalue weighted by atomic mass is 16.5. The third-order valence-corrected chi connectivity index (χ3v) is 3.04. The number of aliphatic carboxylic acids is 1. The first-order valence-corrected chi connectivity index (χ1v) is 6.69. The molecule has 0 aliphatic carbocycles. The van der Waals surface area contributed by atoms with Gasteiger partial charge in [-0.2, -0.15) is 0 Å². The number of rotatable bonds is 9. The first-order chi connectivity index (χ1) is 10.1. The van der Waals surface area contributed by atoms with E-state index in [1.165, 1.54) is 12.0 Å². The summed E-state index contributed by atoms with van der Waals surface area (Å²) < 4.78 is 10.1. The Bertz CT molecular complexity index is 475. The maximum Gasteiger partial charge on any atom is 0.323 e. The molecule has 0 saturated heterocycles. The Morgan fingerprint density at radius 1 is 1.24 bits per heavy atom. The Morgan fingerprint density at radius 3 is 2.57 bits per heavy atom. The summed E-state index contributed by atoms with van der Waals surface area (Å²) in [6.45, 7) is 0.273. The van der Waals surface area contributed by atoms with Gasteiger partial charge in [0.25, 0.3) is 0 Å². The number of carboxylic acid groups (broad SMARTS) is 1. The van der Waals surface area contributed by atoms with Gasteiger partial charge in [0.2, 0.25) is 5.91 Å². The third-order valence-electron chi connectivity index (χ3n) is 3.04. The van der Waals surface area contributed by atoms with Crippen molar-refractivity contribution >= 4 is 11.9 Å². The number of carbonyl (C=O) groups is 2. The minimum atomic E-state index is -1.03. The molecule has 0 atom stereocenters. The fourth-order valence-corrected chi connectivity index (χ4v) is 1.97. The van der Waals surface area contributed by atoms with E-state index in [-0.39, 0.29) is 25.4 Å². The molecule has 0 aromatic heterocycles. The monoisotopic (exact) mass is 295 g/mol. The van der Waals surface area contributed by atoms with Crippen molar-refractivity contribution in [3.05, 3.63) is 29.8 Å². The van der Waals surface area contributed by atoms with Gasteiger partial charge in [0, 0.05) is 20.1 Å². The quantitative estimate of drug-likeness (QED) is 0.740. The molecule has 116 valence electrons. The standard InChI is InChI=1S/C15H21NO5/c1-20-10-9-16(11-15(18)19)14(17)8-7-12-5-3-4-6-13(12)21-2/h3-6H,7-11H2,1-2H3,(H,18,19). The molecular formula is C15H21NO5. The van der Waals surface area contributed by atoms with Crippen LogP contribution in [0, 0.1) is 0 Å². The normalized spacial score (nSPS) is 10.2. The second-order valence-corrected chi connectivity index (χ2v) is 4.51. The second kappa shape index (κ2) is 8.97. The molecule has 1 amide bonds. The average Bonchev–Trinajstić information content (AvgIpc) is 2.48. The third kappa shape index (κ3) is 5.83. The Kier molecular flexibility index (Phi) is 7.25. The van der Waals surface area contributed by atoms with Gasteiger partial charge in [0.15, 0.2) is 0 Å². The molecule has 0 aliphatic rings. The lowest BCUT2D eigenvalue weighted by molar-refractivity contribution is -0.144. The average molecular weight is 295 g/mol. The van der Waals surface area contributed by atoms with E-state index in [0.29, 0.717) is 13.0 Å². The highest BCUT2D eigenvalue weighted by Gasteiger charge is 2.16. The molecule has 0 fully saturated rings. The SMILES string of the molecule is COCCN(CC(=O)O)C(=O)CCc1ccccc1OC. The topological polar surface area (TPSA) is 76.1 Å². The summed E-state index contributed by atoms with van der Waals surface area (Å²) in [5.41, 5.74) is 0.926. The summed E-state index contributed by atoms with van der Waals surface area (Å²) in [5.74, 6) is -0.510. The van der Waals surface area contributed by atoms with Crippen LogP contribution in [0.3, 0.4) is 0 Å². The van der Waals surface area contributed by atoms with E-state index in [1.54, 1.807) is 7.11 Å². The Hall–Kier alpha value is -2.08. The van der Waals surface area contributed by atoms with Crippen molar-refractivity contribution in [1.29, 1.82) is 0 Å². The number of ether oxygens (including phenoxy) is 2. The minimum absolute atomic E-state index is 0.208. The molecule has 0 saturated carbocycles. The lowest BCUT2D eigenvalue weighted by Crippen LogP contribution is -2.38. The van der Waals surface area contributed by atoms with Crippen LogP contribution in [0.2, 0.25) is 0 Å². The summed E-state index contributed by atoms with van der Waals surface area (Å²) in [6, 6.07) is 7.46. The van der Waals surface area contributed by atoms with Gasteiger partial charge < -0.3 is 19.5 Å². The van der Waals surface area contributed by atoms with Crippen molar-refractivity contribution in [2.45, 2.75) is 12.8 Å². The summed E-state index contributed by atoms with van der Waals surface area (Å²) in [7, 11) is 3.09. The van der Waals surface area contributed by atoms with Crippen LogP contribution in [-0.2, 0) is 20.7 Å². The van der Waals surface area contributed by atoms with Crippen molar-refractivity contribution in [3.8, 4) is 5.75 Å². The number of para-hydroxylation sites is 1. The smallest absolute Gasteiger partial charge is 0.323 e. The van der Waals surface area contributed by atoms with Crippen LogP contribution >= 0.6 is 0 Å². The van der Waals surface area contributed by atoms with Crippen LogP contribution in [0.25, 0.3) is 0 Å². The Balaban J connectivity index is 2.61. The number of aryl methyl sites for hydroxylation is 1. The van der Waals surface area contributed by atoms with Crippen molar-refractivity contribution in [3.63, 3.8) is 0 Å². The molecule has 21 heavy (non-hydrogen) atoms. The molecule has 6 nitrogen and oxygen atoms in total. The van der Waals surface area contributed by atoms with Crippen molar-refractivity contribution < 1.29 is 24.2 Å². The Morgan fingerprint density at radius 2 is 1.95 bits per heavy atom. The van der Waals surface area contributed by atoms with Crippen LogP contribution in [-0.4, -0.2) is 55.8 Å². The summed E-state index contributed by atoms with van der Waals surface area (Å²) in [5, 5.41) is 8.84. The zero-order chi connectivity index (χ0) is 15.7. The maximum atomic E-state index is 12.1. The largest absolute Gasteiger partial charge is 0.496 e. The number of carbonyl (C=O) groups excluding carboxylic acids is 1. The number of methoxy groups -OCH3 is 2. The van der Waals surface area contributed by atoms with Gasteiger partial charge in [0.05, 0.1) is 13.7 Å². The van der Waals surface area contributed by atoms with Crippen molar-refractivity contribution in [1.82, 2.24) is 4.90 Å². The summed E-state index contributed by atoms with van der Waals surface area (Å²) in [4.78, 5) is 24.2. The van der Waals surface area contributed by atoms with E-state index >= 15 is 0 Å². The van der Waals surface area contributed by atoms with Crippen LogP contribution in [0.4, 0.5) is 0 Å². The van der Waals surface area contributed by atoms with E-state index in [2.05, 4.69) is 0 Å². The van der Waals surface area contributed by atoms with E-state index < -0.39 is 5.97 Å². The highest BCUT2D eigenvalue weighted by Crippen LogP contribution is 2.19. The highest BCUT2D eigenvalue weighted by molar-refractivity contribution is 5.81. The number of nitrogens with zero attached hydrogens (tertiary/aromatic N) is 1. The van der Waals surface area contributed by atoms with Gasteiger partial charge in [-0.1, -0.05) is 18.2 Å². The molecule has 6 heteroatoms.